The Morgan fingerprint density at radius 3 is 1.97 bits per heavy atom. The zero-order valence-electron chi connectivity index (χ0n) is 23.9. The minimum Gasteiger partial charge on any atom is -0.481 e. The third kappa shape index (κ3) is 5.21. The van der Waals surface area contributed by atoms with E-state index in [0.717, 1.165) is 38.5 Å². The number of ether oxygens (including phenoxy) is 3. The van der Waals surface area contributed by atoms with E-state index in [0.29, 0.717) is 36.5 Å². The van der Waals surface area contributed by atoms with Crippen LogP contribution in [0.3, 0.4) is 0 Å². The summed E-state index contributed by atoms with van der Waals surface area (Å²) in [5, 5.41) is 9.26. The van der Waals surface area contributed by atoms with E-state index < -0.39 is 24.1 Å². The summed E-state index contributed by atoms with van der Waals surface area (Å²) >= 11 is 0. The summed E-state index contributed by atoms with van der Waals surface area (Å²) in [6.45, 7) is 11.1. The Bertz CT molecular complexity index is 947. The van der Waals surface area contributed by atoms with Crippen LogP contribution in [0.4, 0.5) is 0 Å². The quantitative estimate of drug-likeness (QED) is 0.352. The molecule has 0 aromatic carbocycles. The SMILES string of the molecule is CC(=O)O[C@@H]1CC[C@@]2(C)[C@@H](C1)[C@@H](OC(C)=O)[C@@H](OC(C)=O)[C@@H]1[C@@H]2CC[C@]2(C)[C@@H]([C@H](C)CCC(=O)O)CC[C@@H]12. The molecular weight excluding hydrogens is 488 g/mol. The van der Waals surface area contributed by atoms with Crippen molar-refractivity contribution in [3.05, 3.63) is 0 Å². The van der Waals surface area contributed by atoms with E-state index in [4.69, 9.17) is 14.2 Å². The number of hydrogen-bond acceptors (Lipinski definition) is 7. The predicted molar refractivity (Wildman–Crippen MR) is 139 cm³/mol. The Labute approximate surface area is 226 Å². The second-order valence-electron chi connectivity index (χ2n) is 13.2. The molecule has 4 saturated carbocycles. The fraction of sp³-hybridized carbons (Fsp3) is 0.867. The van der Waals surface area contributed by atoms with Crippen LogP contribution >= 0.6 is 0 Å². The monoisotopic (exact) mass is 534 g/mol. The van der Waals surface area contributed by atoms with Crippen LogP contribution in [-0.2, 0) is 33.4 Å². The van der Waals surface area contributed by atoms with E-state index in [1.165, 1.54) is 20.8 Å². The second-order valence-corrected chi connectivity index (χ2v) is 13.2. The molecule has 1 N–H and O–H groups in total. The van der Waals surface area contributed by atoms with Crippen molar-refractivity contribution in [2.75, 3.05) is 0 Å². The van der Waals surface area contributed by atoms with Crippen LogP contribution in [0, 0.1) is 46.3 Å². The molecule has 38 heavy (non-hydrogen) atoms. The van der Waals surface area contributed by atoms with Gasteiger partial charge in [0.05, 0.1) is 0 Å². The highest BCUT2D eigenvalue weighted by molar-refractivity contribution is 5.68. The van der Waals surface area contributed by atoms with Gasteiger partial charge in [-0.3, -0.25) is 19.2 Å². The van der Waals surface area contributed by atoms with E-state index in [9.17, 15) is 24.3 Å². The van der Waals surface area contributed by atoms with Crippen LogP contribution in [0.25, 0.3) is 0 Å². The third-order valence-corrected chi connectivity index (χ3v) is 11.2. The lowest BCUT2D eigenvalue weighted by molar-refractivity contribution is -0.242. The fourth-order valence-corrected chi connectivity index (χ4v) is 9.72. The first-order valence-electron chi connectivity index (χ1n) is 14.5. The molecule has 0 bridgehead atoms. The Kier molecular flexibility index (Phi) is 8.21. The highest BCUT2D eigenvalue weighted by Crippen LogP contribution is 2.69. The smallest absolute Gasteiger partial charge is 0.303 e. The molecule has 0 saturated heterocycles. The van der Waals surface area contributed by atoms with Gasteiger partial charge in [-0.2, -0.15) is 0 Å². The lowest BCUT2D eigenvalue weighted by atomic mass is 9.43. The molecule has 0 spiro atoms. The average Bonchev–Trinajstić information content (AvgIpc) is 3.16. The number of hydrogen-bond donors (Lipinski definition) is 1. The van der Waals surface area contributed by atoms with Crippen molar-refractivity contribution in [3.8, 4) is 0 Å². The number of esters is 3. The highest BCUT2D eigenvalue weighted by Gasteiger charge is 2.67. The maximum absolute atomic E-state index is 12.5. The summed E-state index contributed by atoms with van der Waals surface area (Å²) in [6, 6.07) is 0. The standard InChI is InChI=1S/C30H46O8/c1-16(7-10-25(34)35)21-8-9-22-26-23(12-14-29(21,22)5)30(6)13-11-20(36-17(2)31)15-24(30)27(37-18(3)32)28(26)38-19(4)33/h16,20-24,26-28H,7-15H2,1-6H3,(H,34,35)/t16-,20-,21-,22+,23+,24+,26+,27-,28+,29-,30-/m1/s1. The van der Waals surface area contributed by atoms with Crippen LogP contribution in [0.2, 0.25) is 0 Å². The Morgan fingerprint density at radius 1 is 0.789 bits per heavy atom. The molecule has 214 valence electrons. The molecule has 0 heterocycles. The Balaban J connectivity index is 1.72. The second kappa shape index (κ2) is 10.8. The number of carbonyl (C=O) groups is 4. The zero-order chi connectivity index (χ0) is 28.0. The largest absolute Gasteiger partial charge is 0.481 e. The lowest BCUT2D eigenvalue weighted by Crippen LogP contribution is -2.65. The molecule has 0 amide bonds. The molecule has 0 aromatic rings. The molecule has 4 fully saturated rings. The van der Waals surface area contributed by atoms with Gasteiger partial charge in [0, 0.05) is 39.0 Å². The van der Waals surface area contributed by atoms with Crippen LogP contribution in [0.5, 0.6) is 0 Å². The maximum atomic E-state index is 12.5. The summed E-state index contributed by atoms with van der Waals surface area (Å²) in [4.78, 5) is 47.9. The van der Waals surface area contributed by atoms with Crippen molar-refractivity contribution >= 4 is 23.9 Å². The molecule has 4 aliphatic rings. The first kappa shape index (κ1) is 28.9. The number of aliphatic carboxylic acids is 1. The molecule has 8 heteroatoms. The lowest BCUT2D eigenvalue weighted by Gasteiger charge is -2.64. The Hall–Kier alpha value is -2.12. The topological polar surface area (TPSA) is 116 Å². The number of carboxylic acids is 1. The minimum atomic E-state index is -0.755. The van der Waals surface area contributed by atoms with Crippen molar-refractivity contribution in [1.82, 2.24) is 0 Å². The molecule has 4 aliphatic carbocycles. The maximum Gasteiger partial charge on any atom is 0.303 e. The van der Waals surface area contributed by atoms with Crippen molar-refractivity contribution in [2.24, 2.45) is 46.3 Å². The average molecular weight is 535 g/mol. The van der Waals surface area contributed by atoms with Gasteiger partial charge in [-0.15, -0.1) is 0 Å². The minimum absolute atomic E-state index is 0.0103. The predicted octanol–water partition coefficient (Wildman–Crippen LogP) is 5.16. The molecule has 11 atom stereocenters. The van der Waals surface area contributed by atoms with Gasteiger partial charge < -0.3 is 19.3 Å². The molecule has 0 aromatic heterocycles. The molecule has 0 radical (unpaired) electrons. The third-order valence-electron chi connectivity index (χ3n) is 11.2. The Morgan fingerprint density at radius 2 is 1.37 bits per heavy atom. The summed E-state index contributed by atoms with van der Waals surface area (Å²) in [7, 11) is 0. The summed E-state index contributed by atoms with van der Waals surface area (Å²) in [6.07, 6.45) is 5.78. The van der Waals surface area contributed by atoms with Gasteiger partial charge in [0.1, 0.15) is 18.3 Å². The number of rotatable bonds is 7. The van der Waals surface area contributed by atoms with Crippen LogP contribution in [0.15, 0.2) is 0 Å². The van der Waals surface area contributed by atoms with Crippen LogP contribution in [0.1, 0.15) is 99.3 Å². The molecular formula is C30H46O8. The van der Waals surface area contributed by atoms with Gasteiger partial charge in [-0.25, -0.2) is 0 Å². The number of fused-ring (bicyclic) bond motifs is 5. The first-order valence-corrected chi connectivity index (χ1v) is 14.5. The van der Waals surface area contributed by atoms with E-state index in [1.54, 1.807) is 0 Å². The molecule has 4 rings (SSSR count). The molecule has 0 aliphatic heterocycles. The van der Waals surface area contributed by atoms with Crippen LogP contribution in [-0.4, -0.2) is 47.3 Å². The van der Waals surface area contributed by atoms with Gasteiger partial charge in [-0.1, -0.05) is 20.8 Å². The normalized spacial score (nSPS) is 42.6. The van der Waals surface area contributed by atoms with Crippen molar-refractivity contribution < 1.29 is 38.5 Å². The summed E-state index contributed by atoms with van der Waals surface area (Å²) in [5.74, 6) is -0.561. The van der Waals surface area contributed by atoms with E-state index >= 15 is 0 Å². The summed E-state index contributed by atoms with van der Waals surface area (Å²) in [5.41, 5.74) is -0.122. The van der Waals surface area contributed by atoms with E-state index in [-0.39, 0.29) is 47.1 Å². The van der Waals surface area contributed by atoms with Gasteiger partial charge in [0.2, 0.25) is 0 Å². The van der Waals surface area contributed by atoms with E-state index in [2.05, 4.69) is 20.8 Å². The molecule has 8 nitrogen and oxygen atoms in total. The van der Waals surface area contributed by atoms with Gasteiger partial charge in [-0.05, 0) is 85.9 Å². The molecule has 0 unspecified atom stereocenters. The summed E-state index contributed by atoms with van der Waals surface area (Å²) < 4.78 is 17.8. The fourth-order valence-electron chi connectivity index (χ4n) is 9.72. The first-order chi connectivity index (χ1) is 17.8. The number of carbonyl (C=O) groups excluding carboxylic acids is 3. The van der Waals surface area contributed by atoms with Crippen LogP contribution < -0.4 is 0 Å². The highest BCUT2D eigenvalue weighted by atomic mass is 16.6. The van der Waals surface area contributed by atoms with E-state index in [1.807, 2.05) is 0 Å². The zero-order valence-corrected chi connectivity index (χ0v) is 23.9. The van der Waals surface area contributed by atoms with Gasteiger partial charge in [0.15, 0.2) is 0 Å². The van der Waals surface area contributed by atoms with Crippen molar-refractivity contribution in [1.29, 1.82) is 0 Å². The van der Waals surface area contributed by atoms with Crippen molar-refractivity contribution in [2.45, 2.75) is 118 Å². The number of carboxylic acid groups (broad SMARTS) is 1. The van der Waals surface area contributed by atoms with Crippen molar-refractivity contribution in [3.63, 3.8) is 0 Å². The van der Waals surface area contributed by atoms with Gasteiger partial charge >= 0.3 is 23.9 Å². The van der Waals surface area contributed by atoms with Gasteiger partial charge in [0.25, 0.3) is 0 Å².